The SMILES string of the molecule is CCCOc1cc(C)n(Cc2ccccc2)c(=O)c1Cc1ccc(-c2ccccc2-c2noc(=O)[nH]2)cc1. The van der Waals surface area contributed by atoms with Gasteiger partial charge in [0.2, 0.25) is 0 Å². The molecule has 5 aromatic rings. The molecule has 1 N–H and O–H groups in total. The second-order valence-electron chi connectivity index (χ2n) is 9.22. The summed E-state index contributed by atoms with van der Waals surface area (Å²) in [6, 6.07) is 27.7. The zero-order chi connectivity index (χ0) is 26.5. The van der Waals surface area contributed by atoms with Crippen molar-refractivity contribution in [2.45, 2.75) is 33.2 Å². The molecule has 0 fully saturated rings. The molecule has 0 spiro atoms. The van der Waals surface area contributed by atoms with Gasteiger partial charge in [0, 0.05) is 17.7 Å². The molecular weight excluding hydrogens is 478 g/mol. The lowest BCUT2D eigenvalue weighted by atomic mass is 9.96. The normalized spacial score (nSPS) is 11.0. The van der Waals surface area contributed by atoms with Crippen molar-refractivity contribution in [1.82, 2.24) is 14.7 Å². The van der Waals surface area contributed by atoms with Gasteiger partial charge in [0.05, 0.1) is 18.7 Å². The van der Waals surface area contributed by atoms with Crippen LogP contribution in [0.4, 0.5) is 0 Å². The molecule has 5 rings (SSSR count). The van der Waals surface area contributed by atoms with E-state index in [2.05, 4.69) is 17.1 Å². The number of ether oxygens (including phenoxy) is 1. The predicted molar refractivity (Wildman–Crippen MR) is 148 cm³/mol. The van der Waals surface area contributed by atoms with Gasteiger partial charge < -0.3 is 9.30 Å². The molecule has 38 heavy (non-hydrogen) atoms. The standard InChI is InChI=1S/C31H29N3O4/c1-3-17-37-28-18-21(2)34(20-23-9-5-4-6-10-23)30(35)27(28)19-22-13-15-24(16-14-22)25-11-7-8-12-26(25)29-32-31(36)38-33-29/h4-16,18H,3,17,19-20H2,1-2H3,(H,32,33,36). The third-order valence-electron chi connectivity index (χ3n) is 6.48. The van der Waals surface area contributed by atoms with Crippen molar-refractivity contribution in [3.8, 4) is 28.3 Å². The second-order valence-corrected chi connectivity index (χ2v) is 9.22. The Morgan fingerprint density at radius 2 is 1.61 bits per heavy atom. The molecule has 7 nitrogen and oxygen atoms in total. The second kappa shape index (κ2) is 11.2. The number of pyridine rings is 1. The van der Waals surface area contributed by atoms with E-state index in [0.29, 0.717) is 36.7 Å². The molecular formula is C31H29N3O4. The van der Waals surface area contributed by atoms with Crippen LogP contribution in [0.5, 0.6) is 5.75 Å². The zero-order valence-corrected chi connectivity index (χ0v) is 21.4. The monoisotopic (exact) mass is 507 g/mol. The maximum Gasteiger partial charge on any atom is 0.439 e. The Morgan fingerprint density at radius 3 is 2.29 bits per heavy atom. The van der Waals surface area contributed by atoms with E-state index in [9.17, 15) is 9.59 Å². The van der Waals surface area contributed by atoms with E-state index in [4.69, 9.17) is 9.26 Å². The van der Waals surface area contributed by atoms with Crippen LogP contribution in [0.2, 0.25) is 0 Å². The van der Waals surface area contributed by atoms with Crippen LogP contribution >= 0.6 is 0 Å². The van der Waals surface area contributed by atoms with Gasteiger partial charge in [-0.3, -0.25) is 14.3 Å². The Kier molecular flexibility index (Phi) is 7.35. The van der Waals surface area contributed by atoms with Crippen LogP contribution in [-0.4, -0.2) is 21.3 Å². The largest absolute Gasteiger partial charge is 0.493 e. The molecule has 0 saturated heterocycles. The van der Waals surface area contributed by atoms with E-state index < -0.39 is 5.76 Å². The molecule has 192 valence electrons. The van der Waals surface area contributed by atoms with Gasteiger partial charge >= 0.3 is 5.76 Å². The molecule has 2 heterocycles. The molecule has 0 amide bonds. The highest BCUT2D eigenvalue weighted by molar-refractivity contribution is 5.80. The van der Waals surface area contributed by atoms with E-state index in [1.54, 1.807) is 0 Å². The van der Waals surface area contributed by atoms with Gasteiger partial charge in [-0.2, -0.15) is 0 Å². The third-order valence-corrected chi connectivity index (χ3v) is 6.48. The van der Waals surface area contributed by atoms with Crippen molar-refractivity contribution >= 4 is 0 Å². The Hall–Kier alpha value is -4.65. The van der Waals surface area contributed by atoms with Gasteiger partial charge in [-0.1, -0.05) is 90.9 Å². The minimum atomic E-state index is -0.595. The summed E-state index contributed by atoms with van der Waals surface area (Å²) in [6.45, 7) is 5.05. The topological polar surface area (TPSA) is 90.1 Å². The molecule has 0 atom stereocenters. The van der Waals surface area contributed by atoms with E-state index >= 15 is 0 Å². The highest BCUT2D eigenvalue weighted by Gasteiger charge is 2.16. The smallest absolute Gasteiger partial charge is 0.439 e. The molecule has 7 heteroatoms. The quantitative estimate of drug-likeness (QED) is 0.281. The Morgan fingerprint density at radius 1 is 0.895 bits per heavy atom. The lowest BCUT2D eigenvalue weighted by Crippen LogP contribution is -2.27. The molecule has 0 radical (unpaired) electrons. The zero-order valence-electron chi connectivity index (χ0n) is 21.4. The number of benzene rings is 3. The van der Waals surface area contributed by atoms with Gasteiger partial charge in [-0.05, 0) is 41.7 Å². The third kappa shape index (κ3) is 5.37. The van der Waals surface area contributed by atoms with Gasteiger partial charge in [0.25, 0.3) is 5.56 Å². The minimum Gasteiger partial charge on any atom is -0.493 e. The number of nitrogens with one attached hydrogen (secondary N) is 1. The fourth-order valence-electron chi connectivity index (χ4n) is 4.54. The van der Waals surface area contributed by atoms with Gasteiger partial charge in [0.15, 0.2) is 5.82 Å². The first-order valence-corrected chi connectivity index (χ1v) is 12.7. The summed E-state index contributed by atoms with van der Waals surface area (Å²) in [6.07, 6.45) is 1.31. The highest BCUT2D eigenvalue weighted by atomic mass is 16.5. The number of hydrogen-bond acceptors (Lipinski definition) is 5. The summed E-state index contributed by atoms with van der Waals surface area (Å²) in [5, 5.41) is 3.84. The minimum absolute atomic E-state index is 0.0376. The molecule has 3 aromatic carbocycles. The summed E-state index contributed by atoms with van der Waals surface area (Å²) < 4.78 is 12.5. The average Bonchev–Trinajstić information content (AvgIpc) is 3.38. The van der Waals surface area contributed by atoms with Crippen molar-refractivity contribution in [2.24, 2.45) is 0 Å². The summed E-state index contributed by atoms with van der Waals surface area (Å²) in [5.41, 5.74) is 6.18. The van der Waals surface area contributed by atoms with E-state index in [1.807, 2.05) is 96.4 Å². The fraction of sp³-hybridized carbons (Fsp3) is 0.194. The van der Waals surface area contributed by atoms with Crippen molar-refractivity contribution in [1.29, 1.82) is 0 Å². The number of aromatic nitrogens is 3. The Balaban J connectivity index is 1.48. The lowest BCUT2D eigenvalue weighted by molar-refractivity contribution is 0.312. The van der Waals surface area contributed by atoms with Crippen LogP contribution in [0.3, 0.4) is 0 Å². The number of aryl methyl sites for hydroxylation is 1. The summed E-state index contributed by atoms with van der Waals surface area (Å²) in [5.74, 6) is 0.427. The predicted octanol–water partition coefficient (Wildman–Crippen LogP) is 5.59. The number of H-pyrrole nitrogens is 1. The van der Waals surface area contributed by atoms with Gasteiger partial charge in [-0.15, -0.1) is 0 Å². The summed E-state index contributed by atoms with van der Waals surface area (Å²) in [4.78, 5) is 27.8. The first-order chi connectivity index (χ1) is 18.5. The molecule has 0 aliphatic carbocycles. The molecule has 0 unspecified atom stereocenters. The number of rotatable bonds is 9. The molecule has 2 aromatic heterocycles. The first-order valence-electron chi connectivity index (χ1n) is 12.7. The lowest BCUT2D eigenvalue weighted by Gasteiger charge is -2.17. The summed E-state index contributed by atoms with van der Waals surface area (Å²) in [7, 11) is 0. The van der Waals surface area contributed by atoms with Crippen LogP contribution in [-0.2, 0) is 13.0 Å². The Bertz CT molecular complexity index is 1650. The maximum absolute atomic E-state index is 13.7. The Labute approximate surface area is 220 Å². The van der Waals surface area contributed by atoms with Crippen LogP contribution < -0.4 is 16.1 Å². The highest BCUT2D eigenvalue weighted by Crippen LogP contribution is 2.30. The van der Waals surface area contributed by atoms with Crippen LogP contribution in [0.1, 0.15) is 35.7 Å². The maximum atomic E-state index is 13.7. The van der Waals surface area contributed by atoms with Crippen molar-refractivity contribution in [2.75, 3.05) is 6.61 Å². The average molecular weight is 508 g/mol. The van der Waals surface area contributed by atoms with Crippen LogP contribution in [0, 0.1) is 6.92 Å². The molecule has 0 bridgehead atoms. The van der Waals surface area contributed by atoms with Crippen LogP contribution in [0.25, 0.3) is 22.5 Å². The van der Waals surface area contributed by atoms with E-state index in [1.165, 1.54) is 0 Å². The fourth-order valence-corrected chi connectivity index (χ4v) is 4.54. The van der Waals surface area contributed by atoms with Crippen molar-refractivity contribution < 1.29 is 9.26 Å². The first kappa shape index (κ1) is 25.0. The summed E-state index contributed by atoms with van der Waals surface area (Å²) >= 11 is 0. The molecule has 0 aliphatic rings. The van der Waals surface area contributed by atoms with Crippen molar-refractivity contribution in [3.63, 3.8) is 0 Å². The van der Waals surface area contributed by atoms with Gasteiger partial charge in [0.1, 0.15) is 5.75 Å². The number of aromatic amines is 1. The molecule has 0 aliphatic heterocycles. The van der Waals surface area contributed by atoms with Crippen molar-refractivity contribution in [3.05, 3.63) is 128 Å². The van der Waals surface area contributed by atoms with Gasteiger partial charge in [-0.25, -0.2) is 4.79 Å². The number of nitrogens with zero attached hydrogens (tertiary/aromatic N) is 2. The van der Waals surface area contributed by atoms with E-state index in [0.717, 1.165) is 39.9 Å². The number of hydrogen-bond donors (Lipinski definition) is 1. The molecule has 0 saturated carbocycles. The van der Waals surface area contributed by atoms with Crippen LogP contribution in [0.15, 0.2) is 99.0 Å². The van der Waals surface area contributed by atoms with E-state index in [-0.39, 0.29) is 5.56 Å².